The van der Waals surface area contributed by atoms with Crippen LogP contribution in [0, 0.1) is 0 Å². The van der Waals surface area contributed by atoms with Crippen LogP contribution in [0.3, 0.4) is 0 Å². The fraction of sp³-hybridized carbons (Fsp3) is 1.00. The molecule has 0 aliphatic carbocycles. The molecule has 0 N–H and O–H groups in total. The van der Waals surface area contributed by atoms with Crippen LogP contribution in [-0.4, -0.2) is 0 Å². The Labute approximate surface area is 47.7 Å². The van der Waals surface area contributed by atoms with Crippen LogP contribution in [-0.2, 0) is 15.5 Å². The molecule has 0 aromatic heterocycles. The molecule has 0 spiro atoms. The van der Waals surface area contributed by atoms with Gasteiger partial charge >= 0.3 is 47.0 Å². The number of hydrogen-bond acceptors (Lipinski definition) is 0. The third-order valence-corrected chi connectivity index (χ3v) is 1.06. The van der Waals surface area contributed by atoms with Crippen LogP contribution in [0.15, 0.2) is 0 Å². The first-order valence-corrected chi connectivity index (χ1v) is 3.13. The maximum atomic E-state index is 4.47. The van der Waals surface area contributed by atoms with Crippen molar-refractivity contribution in [1.29, 1.82) is 0 Å². The summed E-state index contributed by atoms with van der Waals surface area (Å²) in [7, 11) is 0. The summed E-state index contributed by atoms with van der Waals surface area (Å²) in [5.74, 6) is 0. The van der Waals surface area contributed by atoms with Gasteiger partial charge in [0.15, 0.2) is 0 Å². The van der Waals surface area contributed by atoms with E-state index in [2.05, 4.69) is 22.4 Å². The van der Waals surface area contributed by atoms with Gasteiger partial charge in [-0.15, -0.1) is 0 Å². The molecular weight excluding hydrogens is 119 g/mol. The molecular formula is C5H11Ni. The molecule has 0 rings (SSSR count). The van der Waals surface area contributed by atoms with Crippen molar-refractivity contribution < 1.29 is 15.5 Å². The van der Waals surface area contributed by atoms with Crippen molar-refractivity contribution in [1.82, 2.24) is 0 Å². The van der Waals surface area contributed by atoms with Gasteiger partial charge in [0.05, 0.1) is 0 Å². The first kappa shape index (κ1) is 6.49. The normalized spacial score (nSPS) is 9.17. The van der Waals surface area contributed by atoms with Crippen LogP contribution in [0.5, 0.6) is 0 Å². The Morgan fingerprint density at radius 1 is 1.33 bits per heavy atom. The molecule has 0 fully saturated rings. The minimum atomic E-state index is 0.980. The van der Waals surface area contributed by atoms with E-state index in [9.17, 15) is 0 Å². The van der Waals surface area contributed by atoms with Crippen LogP contribution in [0.4, 0.5) is 0 Å². The Bertz CT molecular complexity index is 15.9. The van der Waals surface area contributed by atoms with Crippen LogP contribution in [0.2, 0.25) is 5.39 Å². The molecule has 0 aromatic carbocycles. The van der Waals surface area contributed by atoms with E-state index in [1.807, 2.05) is 0 Å². The van der Waals surface area contributed by atoms with Gasteiger partial charge in [0, 0.05) is 0 Å². The molecule has 0 aromatic rings. The van der Waals surface area contributed by atoms with Gasteiger partial charge in [-0.1, -0.05) is 0 Å². The van der Waals surface area contributed by atoms with Gasteiger partial charge in [-0.3, -0.25) is 0 Å². The van der Waals surface area contributed by atoms with Crippen molar-refractivity contribution in [3.05, 3.63) is 0 Å². The summed E-state index contributed by atoms with van der Waals surface area (Å²) in [6.45, 7) is 2.19. The SMILES string of the molecule is CCCC[CH2][Ni]. The summed E-state index contributed by atoms with van der Waals surface area (Å²) < 4.78 is 0. The maximum absolute atomic E-state index is 4.47. The Morgan fingerprint density at radius 2 is 2.00 bits per heavy atom. The number of unbranched alkanes of at least 4 members (excludes halogenated alkanes) is 2. The topological polar surface area (TPSA) is 0 Å². The van der Waals surface area contributed by atoms with Gasteiger partial charge in [0.2, 0.25) is 0 Å². The van der Waals surface area contributed by atoms with Crippen molar-refractivity contribution in [2.45, 2.75) is 31.6 Å². The summed E-state index contributed by atoms with van der Waals surface area (Å²) in [6.07, 6.45) is 3.86. The Balaban J connectivity index is 2.34. The van der Waals surface area contributed by atoms with Crippen molar-refractivity contribution in [3.63, 3.8) is 0 Å². The molecule has 0 unspecified atom stereocenters. The number of hydrogen-bond donors (Lipinski definition) is 0. The first-order valence-electron chi connectivity index (χ1n) is 2.43. The van der Waals surface area contributed by atoms with E-state index >= 15 is 0 Å². The van der Waals surface area contributed by atoms with E-state index < -0.39 is 0 Å². The van der Waals surface area contributed by atoms with Crippen molar-refractivity contribution in [2.24, 2.45) is 0 Å². The van der Waals surface area contributed by atoms with E-state index in [0.29, 0.717) is 0 Å². The summed E-state index contributed by atoms with van der Waals surface area (Å²) in [5.41, 5.74) is 0. The monoisotopic (exact) mass is 129 g/mol. The fourth-order valence-corrected chi connectivity index (χ4v) is 0.576. The van der Waals surface area contributed by atoms with Crippen LogP contribution < -0.4 is 0 Å². The van der Waals surface area contributed by atoms with Crippen molar-refractivity contribution >= 4 is 0 Å². The van der Waals surface area contributed by atoms with E-state index in [-0.39, 0.29) is 0 Å². The van der Waals surface area contributed by atoms with Gasteiger partial charge in [0.25, 0.3) is 0 Å². The summed E-state index contributed by atoms with van der Waals surface area (Å²) in [5, 5.41) is 0.980. The van der Waals surface area contributed by atoms with Gasteiger partial charge in [-0.25, -0.2) is 0 Å². The second-order valence-electron chi connectivity index (χ2n) is 1.37. The third kappa shape index (κ3) is 4.49. The van der Waals surface area contributed by atoms with Crippen molar-refractivity contribution in [2.75, 3.05) is 0 Å². The molecule has 0 nitrogen and oxygen atoms in total. The Morgan fingerprint density at radius 3 is 2.17 bits per heavy atom. The van der Waals surface area contributed by atoms with Gasteiger partial charge in [0.1, 0.15) is 0 Å². The minimum absolute atomic E-state index is 0.980. The summed E-state index contributed by atoms with van der Waals surface area (Å²) in [6, 6.07) is 0. The molecule has 0 atom stereocenters. The van der Waals surface area contributed by atoms with Crippen LogP contribution in [0.25, 0.3) is 0 Å². The predicted molar refractivity (Wildman–Crippen MR) is 24.3 cm³/mol. The first-order chi connectivity index (χ1) is 2.91. The van der Waals surface area contributed by atoms with Crippen LogP contribution in [0.1, 0.15) is 26.2 Å². The van der Waals surface area contributed by atoms with Gasteiger partial charge < -0.3 is 0 Å². The Kier molecular flexibility index (Phi) is 5.95. The fourth-order valence-electron chi connectivity index (χ4n) is 0.329. The quantitative estimate of drug-likeness (QED) is 0.405. The molecule has 0 aliphatic heterocycles. The second kappa shape index (κ2) is 5.49. The molecule has 6 heavy (non-hydrogen) atoms. The Hall–Kier alpha value is 0.494. The van der Waals surface area contributed by atoms with Gasteiger partial charge in [-0.2, -0.15) is 0 Å². The molecule has 1 heteroatoms. The zero-order valence-corrected chi connectivity index (χ0v) is 5.13. The third-order valence-electron chi connectivity index (χ3n) is 0.715. The predicted octanol–water partition coefficient (Wildman–Crippen LogP) is 2.14. The van der Waals surface area contributed by atoms with E-state index in [4.69, 9.17) is 0 Å². The second-order valence-corrected chi connectivity index (χ2v) is 1.86. The average Bonchev–Trinajstić information content (AvgIpc) is 1.61. The molecule has 0 heterocycles. The van der Waals surface area contributed by atoms with Crippen molar-refractivity contribution in [3.8, 4) is 0 Å². The van der Waals surface area contributed by atoms with E-state index in [1.54, 1.807) is 0 Å². The molecule has 0 aliphatic rings. The summed E-state index contributed by atoms with van der Waals surface area (Å²) >= 11 is 4.47. The van der Waals surface area contributed by atoms with E-state index in [1.165, 1.54) is 19.3 Å². The summed E-state index contributed by atoms with van der Waals surface area (Å²) in [4.78, 5) is 0. The number of rotatable bonds is 3. The molecule has 0 amide bonds. The molecule has 0 radical (unpaired) electrons. The average molecular weight is 130 g/mol. The molecule has 41 valence electrons. The molecule has 0 saturated carbocycles. The zero-order valence-electron chi connectivity index (χ0n) is 4.14. The molecule has 0 bridgehead atoms. The van der Waals surface area contributed by atoms with E-state index in [0.717, 1.165) is 5.39 Å². The van der Waals surface area contributed by atoms with Gasteiger partial charge in [-0.05, 0) is 0 Å². The molecule has 0 saturated heterocycles. The zero-order chi connectivity index (χ0) is 4.83. The standard InChI is InChI=1S/C5H11.Ni/c1-3-5-4-2;/h1,3-5H2,2H3;. The van der Waals surface area contributed by atoms with Crippen LogP contribution >= 0.6 is 0 Å².